The van der Waals surface area contributed by atoms with Gasteiger partial charge in [-0.2, -0.15) is 0 Å². The van der Waals surface area contributed by atoms with Gasteiger partial charge < -0.3 is 9.47 Å². The highest BCUT2D eigenvalue weighted by Crippen LogP contribution is 2.31. The van der Waals surface area contributed by atoms with Gasteiger partial charge >= 0.3 is 0 Å². The molecule has 3 rings (SSSR count). The topological polar surface area (TPSA) is 25.2 Å². The lowest BCUT2D eigenvalue weighted by Gasteiger charge is -2.15. The summed E-state index contributed by atoms with van der Waals surface area (Å²) in [5.41, 5.74) is 1.89. The molecule has 1 aromatic carbocycles. The molecule has 1 aliphatic rings. The molecule has 2 aromatic rings. The number of halogens is 1. The van der Waals surface area contributed by atoms with Crippen molar-refractivity contribution in [2.75, 3.05) is 13.1 Å². The number of benzene rings is 1. The molecule has 0 aliphatic carbocycles. The van der Waals surface area contributed by atoms with E-state index in [0.717, 1.165) is 47.0 Å². The van der Waals surface area contributed by atoms with Crippen LogP contribution in [-0.2, 0) is 7.05 Å². The van der Waals surface area contributed by atoms with Gasteiger partial charge in [-0.3, -0.25) is 4.79 Å². The van der Waals surface area contributed by atoms with E-state index in [0.29, 0.717) is 0 Å². The van der Waals surface area contributed by atoms with Crippen LogP contribution < -0.4 is 0 Å². The Balaban J connectivity index is 2.16. The fourth-order valence-electron chi connectivity index (χ4n) is 2.64. The van der Waals surface area contributed by atoms with Gasteiger partial charge in [0.1, 0.15) is 0 Å². The summed E-state index contributed by atoms with van der Waals surface area (Å²) in [6, 6.07) is 8.04. The molecule has 0 bridgehead atoms. The molecule has 94 valence electrons. The maximum Gasteiger partial charge on any atom is 0.257 e. The first-order valence-corrected chi connectivity index (χ1v) is 7.01. The Kier molecular flexibility index (Phi) is 2.90. The highest BCUT2D eigenvalue weighted by molar-refractivity contribution is 9.10. The lowest BCUT2D eigenvalue weighted by atomic mass is 10.1. The van der Waals surface area contributed by atoms with Crippen molar-refractivity contribution in [2.45, 2.75) is 12.8 Å². The first-order valence-electron chi connectivity index (χ1n) is 6.22. The minimum Gasteiger partial charge on any atom is -0.339 e. The Labute approximate surface area is 115 Å². The lowest BCUT2D eigenvalue weighted by molar-refractivity contribution is 0.0793. The van der Waals surface area contributed by atoms with E-state index in [9.17, 15) is 4.79 Å². The highest BCUT2D eigenvalue weighted by Gasteiger charge is 2.25. The van der Waals surface area contributed by atoms with Crippen molar-refractivity contribution in [3.8, 4) is 0 Å². The maximum atomic E-state index is 12.6. The van der Waals surface area contributed by atoms with Gasteiger partial charge in [0.15, 0.2) is 0 Å². The summed E-state index contributed by atoms with van der Waals surface area (Å²) < 4.78 is 2.90. The molecule has 1 amide bonds. The number of likely N-dealkylation sites (tertiary alicyclic amines) is 1. The molecule has 4 heteroatoms. The van der Waals surface area contributed by atoms with Crippen LogP contribution in [0, 0.1) is 0 Å². The van der Waals surface area contributed by atoms with Crippen molar-refractivity contribution < 1.29 is 4.79 Å². The molecule has 0 atom stereocenters. The molecule has 0 unspecified atom stereocenters. The zero-order chi connectivity index (χ0) is 12.7. The molecule has 1 aromatic heterocycles. The predicted molar refractivity (Wildman–Crippen MR) is 75.8 cm³/mol. The number of hydrogen-bond donors (Lipinski definition) is 0. The quantitative estimate of drug-likeness (QED) is 0.794. The van der Waals surface area contributed by atoms with Crippen LogP contribution in [0.15, 0.2) is 28.9 Å². The molecule has 3 nitrogen and oxygen atoms in total. The van der Waals surface area contributed by atoms with Crippen molar-refractivity contribution >= 4 is 32.7 Å². The Morgan fingerprint density at radius 1 is 1.22 bits per heavy atom. The van der Waals surface area contributed by atoms with Gasteiger partial charge in [0.2, 0.25) is 0 Å². The maximum absolute atomic E-state index is 12.6. The number of hydrogen-bond acceptors (Lipinski definition) is 1. The number of aromatic nitrogens is 1. The normalized spacial score (nSPS) is 15.6. The van der Waals surface area contributed by atoms with Crippen LogP contribution in [0.3, 0.4) is 0 Å². The summed E-state index contributed by atoms with van der Waals surface area (Å²) in [4.78, 5) is 14.5. The predicted octanol–water partition coefficient (Wildman–Crippen LogP) is 3.18. The third-order valence-corrected chi connectivity index (χ3v) is 4.57. The zero-order valence-electron chi connectivity index (χ0n) is 10.3. The molecular formula is C14H15BrN2O. The monoisotopic (exact) mass is 306 g/mol. The summed E-state index contributed by atoms with van der Waals surface area (Å²) in [6.45, 7) is 1.77. The van der Waals surface area contributed by atoms with E-state index in [2.05, 4.69) is 15.9 Å². The Morgan fingerprint density at radius 2 is 1.89 bits per heavy atom. The number of nitrogens with zero attached hydrogens (tertiary/aromatic N) is 2. The van der Waals surface area contributed by atoms with Crippen LogP contribution in [0.5, 0.6) is 0 Å². The second-order valence-corrected chi connectivity index (χ2v) is 5.49. The van der Waals surface area contributed by atoms with Crippen LogP contribution in [0.1, 0.15) is 23.2 Å². The minimum absolute atomic E-state index is 0.149. The van der Waals surface area contributed by atoms with Gasteiger partial charge in [-0.15, -0.1) is 0 Å². The second-order valence-electron chi connectivity index (χ2n) is 4.74. The molecule has 1 fully saturated rings. The van der Waals surface area contributed by atoms with E-state index in [4.69, 9.17) is 0 Å². The van der Waals surface area contributed by atoms with Crippen molar-refractivity contribution in [1.82, 2.24) is 9.47 Å². The van der Waals surface area contributed by atoms with Gasteiger partial charge in [0.25, 0.3) is 5.91 Å². The fraction of sp³-hybridized carbons (Fsp3) is 0.357. The number of para-hydroxylation sites is 1. The molecule has 0 radical (unpaired) electrons. The van der Waals surface area contributed by atoms with Gasteiger partial charge in [0, 0.05) is 31.0 Å². The molecule has 1 saturated heterocycles. The standard InChI is InChI=1S/C14H15BrN2O/c1-16-11-7-3-2-6-10(11)12(13(16)15)14(18)17-8-4-5-9-17/h2-3,6-7H,4-5,8-9H2,1H3. The van der Waals surface area contributed by atoms with Crippen LogP contribution in [0.2, 0.25) is 0 Å². The largest absolute Gasteiger partial charge is 0.339 e. The molecular weight excluding hydrogens is 292 g/mol. The average molecular weight is 307 g/mol. The summed E-state index contributed by atoms with van der Waals surface area (Å²) in [5.74, 6) is 0.149. The number of aryl methyl sites for hydroxylation is 1. The van der Waals surface area contributed by atoms with E-state index in [1.807, 2.05) is 40.8 Å². The number of amides is 1. The van der Waals surface area contributed by atoms with Crippen LogP contribution in [-0.4, -0.2) is 28.5 Å². The van der Waals surface area contributed by atoms with Crippen molar-refractivity contribution in [3.63, 3.8) is 0 Å². The van der Waals surface area contributed by atoms with Gasteiger partial charge in [-0.25, -0.2) is 0 Å². The third kappa shape index (κ3) is 1.67. The summed E-state index contributed by atoms with van der Waals surface area (Å²) in [5, 5.41) is 1.03. The van der Waals surface area contributed by atoms with Crippen molar-refractivity contribution in [1.29, 1.82) is 0 Å². The van der Waals surface area contributed by atoms with Crippen molar-refractivity contribution in [2.24, 2.45) is 7.05 Å². The molecule has 0 saturated carbocycles. The van der Waals surface area contributed by atoms with E-state index in [1.165, 1.54) is 0 Å². The van der Waals surface area contributed by atoms with Gasteiger partial charge in [-0.05, 0) is 34.8 Å². The fourth-order valence-corrected chi connectivity index (χ4v) is 3.22. The summed E-state index contributed by atoms with van der Waals surface area (Å²) >= 11 is 3.56. The number of carbonyl (C=O) groups is 1. The summed E-state index contributed by atoms with van der Waals surface area (Å²) in [7, 11) is 1.98. The van der Waals surface area contributed by atoms with E-state index in [1.54, 1.807) is 0 Å². The van der Waals surface area contributed by atoms with E-state index >= 15 is 0 Å². The molecule has 2 heterocycles. The number of carbonyl (C=O) groups excluding carboxylic acids is 1. The first-order chi connectivity index (χ1) is 8.70. The second kappa shape index (κ2) is 4.43. The SMILES string of the molecule is Cn1c(Br)c(C(=O)N2CCCC2)c2ccccc21. The molecule has 0 spiro atoms. The zero-order valence-corrected chi connectivity index (χ0v) is 11.9. The molecule has 1 aliphatic heterocycles. The van der Waals surface area contributed by atoms with E-state index in [-0.39, 0.29) is 5.91 Å². The summed E-state index contributed by atoms with van der Waals surface area (Å²) in [6.07, 6.45) is 2.24. The smallest absolute Gasteiger partial charge is 0.257 e. The highest BCUT2D eigenvalue weighted by atomic mass is 79.9. The Bertz CT molecular complexity index is 612. The van der Waals surface area contributed by atoms with E-state index < -0.39 is 0 Å². The lowest BCUT2D eigenvalue weighted by Crippen LogP contribution is -2.27. The molecule has 0 N–H and O–H groups in total. The number of rotatable bonds is 1. The van der Waals surface area contributed by atoms with Gasteiger partial charge in [-0.1, -0.05) is 18.2 Å². The van der Waals surface area contributed by atoms with Gasteiger partial charge in [0.05, 0.1) is 10.2 Å². The Morgan fingerprint density at radius 3 is 2.61 bits per heavy atom. The minimum atomic E-state index is 0.149. The Hall–Kier alpha value is -1.29. The van der Waals surface area contributed by atoms with Crippen LogP contribution in [0.4, 0.5) is 0 Å². The van der Waals surface area contributed by atoms with Crippen LogP contribution >= 0.6 is 15.9 Å². The third-order valence-electron chi connectivity index (χ3n) is 3.64. The first kappa shape index (κ1) is 11.8. The van der Waals surface area contributed by atoms with Crippen LogP contribution in [0.25, 0.3) is 10.9 Å². The van der Waals surface area contributed by atoms with Crippen molar-refractivity contribution in [3.05, 3.63) is 34.4 Å². The molecule has 18 heavy (non-hydrogen) atoms. The average Bonchev–Trinajstić information content (AvgIpc) is 2.99. The number of fused-ring (bicyclic) bond motifs is 1.